The number of carbonyl (C=O) groups excluding carboxylic acids is 1. The fourth-order valence-electron chi connectivity index (χ4n) is 1.27. The molecule has 0 saturated heterocycles. The van der Waals surface area contributed by atoms with E-state index in [2.05, 4.69) is 0 Å². The van der Waals surface area contributed by atoms with Crippen LogP contribution in [0.2, 0.25) is 0 Å². The number of benzene rings is 1. The number of para-hydroxylation sites is 1. The van der Waals surface area contributed by atoms with E-state index in [4.69, 9.17) is 4.74 Å². The number of hydrogen-bond donors (Lipinski definition) is 0. The number of ether oxygens (including phenoxy) is 1. The van der Waals surface area contributed by atoms with Gasteiger partial charge in [0.05, 0.1) is 0 Å². The number of rotatable bonds is 0. The molecule has 1 aromatic carbocycles. The molecule has 2 nitrogen and oxygen atoms in total. The molecule has 0 radical (unpaired) electrons. The van der Waals surface area contributed by atoms with Crippen molar-refractivity contribution in [3.8, 4) is 5.75 Å². The van der Waals surface area contributed by atoms with Crippen LogP contribution in [0.25, 0.3) is 0 Å². The lowest BCUT2D eigenvalue weighted by atomic mass is 10.1. The molecule has 0 bridgehead atoms. The van der Waals surface area contributed by atoms with Gasteiger partial charge in [-0.2, -0.15) is 0 Å². The number of fused-ring (bicyclic) bond motifs is 1. The SMILES string of the molecule is O=C=C1C=CCc2ccccc2O1. The largest absolute Gasteiger partial charge is 0.445 e. The summed E-state index contributed by atoms with van der Waals surface area (Å²) in [4.78, 5) is 10.4. The van der Waals surface area contributed by atoms with Crippen molar-refractivity contribution in [1.29, 1.82) is 0 Å². The standard InChI is InChI=1S/C11H8O2/c12-8-10-6-3-5-9-4-1-2-7-11(9)13-10/h1-4,6-7H,5H2. The summed E-state index contributed by atoms with van der Waals surface area (Å²) in [5.74, 6) is 2.72. The van der Waals surface area contributed by atoms with Gasteiger partial charge in [-0.15, -0.1) is 0 Å². The van der Waals surface area contributed by atoms with Crippen LogP contribution in [0.5, 0.6) is 5.75 Å². The van der Waals surface area contributed by atoms with Crippen molar-refractivity contribution in [3.63, 3.8) is 0 Å². The summed E-state index contributed by atoms with van der Waals surface area (Å²) >= 11 is 0. The Hall–Kier alpha value is -1.79. The zero-order chi connectivity index (χ0) is 9.10. The highest BCUT2D eigenvalue weighted by Crippen LogP contribution is 2.23. The van der Waals surface area contributed by atoms with Crippen molar-refractivity contribution in [2.24, 2.45) is 0 Å². The van der Waals surface area contributed by atoms with Gasteiger partial charge in [-0.05, 0) is 24.1 Å². The summed E-state index contributed by atoms with van der Waals surface area (Å²) in [7, 11) is 0. The first-order valence-corrected chi connectivity index (χ1v) is 4.07. The molecule has 64 valence electrons. The molecular formula is C11H8O2. The maximum absolute atomic E-state index is 10.4. The molecule has 0 saturated carbocycles. The summed E-state index contributed by atoms with van der Waals surface area (Å²) in [5, 5.41) is 0. The van der Waals surface area contributed by atoms with Crippen LogP contribution in [0, 0.1) is 0 Å². The van der Waals surface area contributed by atoms with E-state index >= 15 is 0 Å². The Kier molecular flexibility index (Phi) is 1.99. The van der Waals surface area contributed by atoms with E-state index in [-0.39, 0.29) is 5.76 Å². The van der Waals surface area contributed by atoms with Gasteiger partial charge in [0.2, 0.25) is 5.76 Å². The lowest BCUT2D eigenvalue weighted by Gasteiger charge is -2.04. The molecule has 0 atom stereocenters. The van der Waals surface area contributed by atoms with Crippen LogP contribution < -0.4 is 4.74 Å². The normalized spacial score (nSPS) is 14.0. The van der Waals surface area contributed by atoms with Crippen molar-refractivity contribution in [1.82, 2.24) is 0 Å². The van der Waals surface area contributed by atoms with Gasteiger partial charge in [0.25, 0.3) is 0 Å². The third kappa shape index (κ3) is 1.53. The molecule has 2 rings (SSSR count). The average molecular weight is 172 g/mol. The molecule has 0 aromatic heterocycles. The van der Waals surface area contributed by atoms with Crippen molar-refractivity contribution in [2.45, 2.75) is 6.42 Å². The van der Waals surface area contributed by atoms with E-state index < -0.39 is 0 Å². The van der Waals surface area contributed by atoms with E-state index in [1.165, 1.54) is 0 Å². The second-order valence-electron chi connectivity index (χ2n) is 2.78. The third-order valence-electron chi connectivity index (χ3n) is 1.90. The Morgan fingerprint density at radius 2 is 2.15 bits per heavy atom. The summed E-state index contributed by atoms with van der Waals surface area (Å²) in [6.07, 6.45) is 4.33. The average Bonchev–Trinajstić information content (AvgIpc) is 2.38. The molecule has 0 unspecified atom stereocenters. The molecule has 1 aromatic rings. The Labute approximate surface area is 76.1 Å². The minimum absolute atomic E-state index is 0.241. The second kappa shape index (κ2) is 3.30. The van der Waals surface area contributed by atoms with Gasteiger partial charge in [0, 0.05) is 0 Å². The predicted octanol–water partition coefficient (Wildman–Crippen LogP) is 1.89. The van der Waals surface area contributed by atoms with E-state index in [1.807, 2.05) is 30.3 Å². The van der Waals surface area contributed by atoms with Crippen LogP contribution in [0.4, 0.5) is 0 Å². The van der Waals surface area contributed by atoms with Crippen molar-refractivity contribution in [2.75, 3.05) is 0 Å². The van der Waals surface area contributed by atoms with Gasteiger partial charge in [-0.1, -0.05) is 24.3 Å². The first-order chi connectivity index (χ1) is 6.40. The molecule has 0 amide bonds. The fraction of sp³-hybridized carbons (Fsp3) is 0.0909. The zero-order valence-electron chi connectivity index (χ0n) is 6.99. The Bertz CT molecular complexity index is 398. The molecule has 0 fully saturated rings. The lowest BCUT2D eigenvalue weighted by molar-refractivity contribution is 0.441. The Morgan fingerprint density at radius 1 is 1.31 bits per heavy atom. The molecule has 1 aliphatic heterocycles. The van der Waals surface area contributed by atoms with Gasteiger partial charge in [0.1, 0.15) is 5.75 Å². The molecule has 1 heterocycles. The molecule has 13 heavy (non-hydrogen) atoms. The van der Waals surface area contributed by atoms with Crippen molar-refractivity contribution < 1.29 is 9.53 Å². The fourth-order valence-corrected chi connectivity index (χ4v) is 1.27. The Balaban J connectivity index is 2.47. The number of allylic oxidation sites excluding steroid dienone is 2. The monoisotopic (exact) mass is 172 g/mol. The summed E-state index contributed by atoms with van der Waals surface area (Å²) in [6.45, 7) is 0. The molecule has 0 N–H and O–H groups in total. The van der Waals surface area contributed by atoms with Gasteiger partial charge in [-0.25, -0.2) is 4.79 Å². The lowest BCUT2D eigenvalue weighted by Crippen LogP contribution is -1.92. The molecule has 1 aliphatic rings. The van der Waals surface area contributed by atoms with Crippen LogP contribution in [-0.4, -0.2) is 5.94 Å². The van der Waals surface area contributed by atoms with E-state index in [9.17, 15) is 4.79 Å². The van der Waals surface area contributed by atoms with Crippen LogP contribution in [-0.2, 0) is 11.2 Å². The van der Waals surface area contributed by atoms with E-state index in [0.717, 1.165) is 17.7 Å². The van der Waals surface area contributed by atoms with E-state index in [0.29, 0.717) is 0 Å². The van der Waals surface area contributed by atoms with Crippen LogP contribution >= 0.6 is 0 Å². The molecule has 2 heteroatoms. The maximum Gasteiger partial charge on any atom is 0.210 e. The van der Waals surface area contributed by atoms with Crippen LogP contribution in [0.3, 0.4) is 0 Å². The summed E-state index contributed by atoms with van der Waals surface area (Å²) in [6, 6.07) is 7.66. The highest BCUT2D eigenvalue weighted by Gasteiger charge is 2.07. The number of hydrogen-bond acceptors (Lipinski definition) is 2. The summed E-state index contributed by atoms with van der Waals surface area (Å²) < 4.78 is 5.31. The van der Waals surface area contributed by atoms with Gasteiger partial charge < -0.3 is 4.74 Å². The Morgan fingerprint density at radius 3 is 3.00 bits per heavy atom. The summed E-state index contributed by atoms with van der Waals surface area (Å²) in [5.41, 5.74) is 1.09. The molecule has 0 spiro atoms. The predicted molar refractivity (Wildman–Crippen MR) is 49.1 cm³/mol. The van der Waals surface area contributed by atoms with E-state index in [1.54, 1.807) is 12.0 Å². The van der Waals surface area contributed by atoms with Crippen LogP contribution in [0.15, 0.2) is 42.2 Å². The first-order valence-electron chi connectivity index (χ1n) is 4.07. The van der Waals surface area contributed by atoms with Crippen molar-refractivity contribution >= 4 is 5.94 Å². The smallest absolute Gasteiger partial charge is 0.210 e. The quantitative estimate of drug-likeness (QED) is 0.558. The minimum Gasteiger partial charge on any atom is -0.445 e. The highest BCUT2D eigenvalue weighted by atomic mass is 16.5. The first kappa shape index (κ1) is 7.84. The highest BCUT2D eigenvalue weighted by molar-refractivity contribution is 5.56. The van der Waals surface area contributed by atoms with Crippen LogP contribution in [0.1, 0.15) is 5.56 Å². The molecule has 0 aliphatic carbocycles. The minimum atomic E-state index is 0.241. The van der Waals surface area contributed by atoms with Gasteiger partial charge in [-0.3, -0.25) is 0 Å². The maximum atomic E-state index is 10.4. The van der Waals surface area contributed by atoms with Gasteiger partial charge in [0.15, 0.2) is 5.94 Å². The second-order valence-corrected chi connectivity index (χ2v) is 2.78. The van der Waals surface area contributed by atoms with Crippen molar-refractivity contribution in [3.05, 3.63) is 47.7 Å². The third-order valence-corrected chi connectivity index (χ3v) is 1.90. The van der Waals surface area contributed by atoms with Gasteiger partial charge >= 0.3 is 0 Å². The topological polar surface area (TPSA) is 26.3 Å². The molecular weight excluding hydrogens is 164 g/mol. The zero-order valence-corrected chi connectivity index (χ0v) is 6.99.